The minimum atomic E-state index is -0.479. The van der Waals surface area contributed by atoms with Gasteiger partial charge in [0.2, 0.25) is 5.95 Å². The van der Waals surface area contributed by atoms with Crippen molar-refractivity contribution in [3.8, 4) is 5.75 Å². The Kier molecular flexibility index (Phi) is 5.38. The Morgan fingerprint density at radius 1 is 1.10 bits per heavy atom. The third kappa shape index (κ3) is 4.60. The largest absolute Gasteiger partial charge is 0.493 e. The van der Waals surface area contributed by atoms with Gasteiger partial charge >= 0.3 is 5.76 Å². The van der Waals surface area contributed by atoms with E-state index in [1.165, 1.54) is 0 Å². The summed E-state index contributed by atoms with van der Waals surface area (Å²) < 4.78 is 10.7. The van der Waals surface area contributed by atoms with Gasteiger partial charge in [-0.25, -0.2) is 9.78 Å². The molecule has 0 fully saturated rings. The predicted molar refractivity (Wildman–Crippen MR) is 117 cm³/mol. The van der Waals surface area contributed by atoms with E-state index in [2.05, 4.69) is 39.4 Å². The van der Waals surface area contributed by atoms with Gasteiger partial charge in [-0.15, -0.1) is 0 Å². The number of ether oxygens (including phenoxy) is 1. The lowest BCUT2D eigenvalue weighted by Gasteiger charge is -2.12. The predicted octanol–water partition coefficient (Wildman–Crippen LogP) is 4.74. The summed E-state index contributed by atoms with van der Waals surface area (Å²) in [6.45, 7) is 6.83. The highest BCUT2D eigenvalue weighted by Gasteiger charge is 2.08. The number of H-pyrrole nitrogens is 1. The van der Waals surface area contributed by atoms with Crippen molar-refractivity contribution in [3.05, 3.63) is 64.8 Å². The van der Waals surface area contributed by atoms with Crippen LogP contribution in [-0.2, 0) is 0 Å². The van der Waals surface area contributed by atoms with E-state index in [0.29, 0.717) is 35.4 Å². The number of nitrogens with one attached hydrogen (secondary N) is 3. The van der Waals surface area contributed by atoms with Crippen LogP contribution in [0.1, 0.15) is 19.4 Å². The minimum absolute atomic E-state index is 0.469. The highest BCUT2D eigenvalue weighted by molar-refractivity contribution is 5.78. The molecule has 3 N–H and O–H groups in total. The number of aryl methyl sites for hydroxylation is 1. The molecule has 2 aromatic heterocycles. The lowest BCUT2D eigenvalue weighted by Crippen LogP contribution is -2.05. The van der Waals surface area contributed by atoms with Crippen LogP contribution in [0.25, 0.3) is 11.1 Å². The van der Waals surface area contributed by atoms with E-state index in [1.54, 1.807) is 18.3 Å². The van der Waals surface area contributed by atoms with E-state index < -0.39 is 5.76 Å². The van der Waals surface area contributed by atoms with Crippen molar-refractivity contribution in [2.75, 3.05) is 17.2 Å². The van der Waals surface area contributed by atoms with Crippen molar-refractivity contribution in [3.63, 3.8) is 0 Å². The van der Waals surface area contributed by atoms with Gasteiger partial charge in [0.05, 0.1) is 12.1 Å². The van der Waals surface area contributed by atoms with E-state index in [4.69, 9.17) is 9.15 Å². The molecule has 8 nitrogen and oxygen atoms in total. The molecule has 0 aliphatic carbocycles. The van der Waals surface area contributed by atoms with Gasteiger partial charge in [0.1, 0.15) is 11.6 Å². The van der Waals surface area contributed by atoms with Crippen molar-refractivity contribution >= 4 is 34.2 Å². The zero-order valence-electron chi connectivity index (χ0n) is 17.0. The van der Waals surface area contributed by atoms with E-state index in [1.807, 2.05) is 37.3 Å². The number of aromatic nitrogens is 3. The van der Waals surface area contributed by atoms with E-state index >= 15 is 0 Å². The monoisotopic (exact) mass is 405 g/mol. The van der Waals surface area contributed by atoms with E-state index in [0.717, 1.165) is 22.7 Å². The van der Waals surface area contributed by atoms with Crippen LogP contribution < -0.4 is 21.1 Å². The molecule has 2 aromatic carbocycles. The topological polar surface area (TPSA) is 105 Å². The molecule has 0 bridgehead atoms. The molecule has 4 rings (SSSR count). The molecule has 30 heavy (non-hydrogen) atoms. The summed E-state index contributed by atoms with van der Waals surface area (Å²) in [5, 5.41) is 6.46. The summed E-state index contributed by atoms with van der Waals surface area (Å²) in [5.74, 6) is 1.96. The van der Waals surface area contributed by atoms with Crippen LogP contribution in [0.3, 0.4) is 0 Å². The summed E-state index contributed by atoms with van der Waals surface area (Å²) >= 11 is 0. The Bertz CT molecular complexity index is 1210. The molecular weight excluding hydrogens is 382 g/mol. The first-order chi connectivity index (χ1) is 14.5. The second-order valence-electron chi connectivity index (χ2n) is 7.43. The average Bonchev–Trinajstić information content (AvgIpc) is 3.09. The van der Waals surface area contributed by atoms with Crippen LogP contribution in [0.2, 0.25) is 0 Å². The second kappa shape index (κ2) is 8.28. The molecule has 0 saturated heterocycles. The molecular formula is C22H23N5O3. The molecule has 0 unspecified atom stereocenters. The lowest BCUT2D eigenvalue weighted by molar-refractivity contribution is 0.271. The molecule has 0 aliphatic heterocycles. The van der Waals surface area contributed by atoms with Crippen LogP contribution in [0.15, 0.2) is 57.9 Å². The number of anilines is 4. The van der Waals surface area contributed by atoms with Crippen molar-refractivity contribution in [1.29, 1.82) is 0 Å². The van der Waals surface area contributed by atoms with Crippen molar-refractivity contribution in [2.24, 2.45) is 5.92 Å². The van der Waals surface area contributed by atoms with Crippen LogP contribution in [0, 0.1) is 12.8 Å². The molecule has 0 aliphatic rings. The minimum Gasteiger partial charge on any atom is -0.493 e. The Labute approximate surface area is 173 Å². The lowest BCUT2D eigenvalue weighted by atomic mass is 10.2. The van der Waals surface area contributed by atoms with Gasteiger partial charge in [-0.1, -0.05) is 13.8 Å². The molecule has 0 radical (unpaired) electrons. The molecule has 4 aromatic rings. The summed E-state index contributed by atoms with van der Waals surface area (Å²) in [6, 6.07) is 13.0. The third-order valence-corrected chi connectivity index (χ3v) is 4.35. The normalized spacial score (nSPS) is 11.1. The Morgan fingerprint density at radius 3 is 2.63 bits per heavy atom. The number of hydrogen-bond donors (Lipinski definition) is 3. The number of nitrogens with zero attached hydrogens (tertiary/aromatic N) is 2. The summed E-state index contributed by atoms with van der Waals surface area (Å²) in [5.41, 5.74) is 3.65. The standard InChI is InChI=1S/C22H23N5O3/c1-13(2)12-29-17-7-4-15(5-8-17)25-21-23-11-14(3)20(27-21)24-16-6-9-19-18(10-16)26-22(28)30-19/h4-11,13H,12H2,1-3H3,(H,26,28)(H2,23,24,25,27). The third-order valence-electron chi connectivity index (χ3n) is 4.35. The molecule has 0 atom stereocenters. The fraction of sp³-hybridized carbons (Fsp3) is 0.227. The number of oxazole rings is 1. The zero-order chi connectivity index (χ0) is 21.1. The van der Waals surface area contributed by atoms with Crippen LogP contribution >= 0.6 is 0 Å². The number of fused-ring (bicyclic) bond motifs is 1. The molecule has 0 amide bonds. The highest BCUT2D eigenvalue weighted by Crippen LogP contribution is 2.24. The Hall–Kier alpha value is -3.81. The molecule has 0 spiro atoms. The summed E-state index contributed by atoms with van der Waals surface area (Å²) in [4.78, 5) is 22.9. The van der Waals surface area contributed by atoms with Crippen molar-refractivity contribution in [2.45, 2.75) is 20.8 Å². The molecule has 0 saturated carbocycles. The maximum atomic E-state index is 11.3. The molecule has 8 heteroatoms. The van der Waals surface area contributed by atoms with Crippen LogP contribution in [0.4, 0.5) is 23.1 Å². The van der Waals surface area contributed by atoms with Crippen molar-refractivity contribution in [1.82, 2.24) is 15.0 Å². The first kappa shape index (κ1) is 19.5. The van der Waals surface area contributed by atoms with Crippen LogP contribution in [-0.4, -0.2) is 21.6 Å². The fourth-order valence-electron chi connectivity index (χ4n) is 2.82. The fourth-order valence-corrected chi connectivity index (χ4v) is 2.82. The zero-order valence-corrected chi connectivity index (χ0v) is 17.0. The number of aromatic amines is 1. The SMILES string of the molecule is Cc1cnc(Nc2ccc(OCC(C)C)cc2)nc1Nc1ccc2oc(=O)[nH]c2c1. The maximum absolute atomic E-state index is 11.3. The van der Waals surface area contributed by atoms with Gasteiger partial charge in [-0.2, -0.15) is 4.98 Å². The molecule has 2 heterocycles. The van der Waals surface area contributed by atoms with Crippen molar-refractivity contribution < 1.29 is 9.15 Å². The molecule has 154 valence electrons. The highest BCUT2D eigenvalue weighted by atomic mass is 16.5. The van der Waals surface area contributed by atoms with Gasteiger partial charge in [-0.05, 0) is 55.3 Å². The first-order valence-electron chi connectivity index (χ1n) is 9.70. The van der Waals surface area contributed by atoms with Gasteiger partial charge in [0, 0.05) is 23.1 Å². The Morgan fingerprint density at radius 2 is 1.87 bits per heavy atom. The van der Waals surface area contributed by atoms with Gasteiger partial charge in [0.15, 0.2) is 5.58 Å². The second-order valence-corrected chi connectivity index (χ2v) is 7.43. The average molecular weight is 405 g/mol. The maximum Gasteiger partial charge on any atom is 0.417 e. The smallest absolute Gasteiger partial charge is 0.417 e. The quantitative estimate of drug-likeness (QED) is 0.408. The first-order valence-corrected chi connectivity index (χ1v) is 9.70. The van der Waals surface area contributed by atoms with E-state index in [-0.39, 0.29) is 0 Å². The van der Waals surface area contributed by atoms with E-state index in [9.17, 15) is 4.79 Å². The number of benzene rings is 2. The van der Waals surface area contributed by atoms with Gasteiger partial charge in [0.25, 0.3) is 0 Å². The Balaban J connectivity index is 1.49. The summed E-state index contributed by atoms with van der Waals surface area (Å²) in [6.07, 6.45) is 1.75. The van der Waals surface area contributed by atoms with Gasteiger partial charge in [-0.3, -0.25) is 4.98 Å². The van der Waals surface area contributed by atoms with Crippen LogP contribution in [0.5, 0.6) is 5.75 Å². The number of rotatable bonds is 7. The van der Waals surface area contributed by atoms with Gasteiger partial charge < -0.3 is 19.8 Å². The number of hydrogen-bond acceptors (Lipinski definition) is 7. The summed E-state index contributed by atoms with van der Waals surface area (Å²) in [7, 11) is 0.